The number of sulfonamides is 1. The number of amides is 2. The molecule has 1 aliphatic rings. The van der Waals surface area contributed by atoms with Gasteiger partial charge in [-0.3, -0.25) is 9.59 Å². The van der Waals surface area contributed by atoms with Gasteiger partial charge in [-0.15, -0.1) is 6.58 Å². The SMILES string of the molecule is C=CCNS(=O)(=O)c1cccc(C(=O)Nc2cccc(C(=O)N3CCOCC3)c2C)c1. The first-order valence-electron chi connectivity index (χ1n) is 9.82. The minimum absolute atomic E-state index is 0.0185. The highest BCUT2D eigenvalue weighted by Crippen LogP contribution is 2.22. The average Bonchev–Trinajstić information content (AvgIpc) is 2.79. The first kappa shape index (κ1) is 22.7. The zero-order chi connectivity index (χ0) is 22.4. The summed E-state index contributed by atoms with van der Waals surface area (Å²) < 4.78 is 32.3. The summed E-state index contributed by atoms with van der Waals surface area (Å²) in [6.07, 6.45) is 1.43. The van der Waals surface area contributed by atoms with Gasteiger partial charge in [0.1, 0.15) is 0 Å². The molecule has 2 amide bonds. The summed E-state index contributed by atoms with van der Waals surface area (Å²) in [6, 6.07) is 10.9. The Kier molecular flexibility index (Phi) is 7.21. The van der Waals surface area contributed by atoms with Crippen LogP contribution in [0.25, 0.3) is 0 Å². The van der Waals surface area contributed by atoms with Gasteiger partial charge in [0.25, 0.3) is 11.8 Å². The van der Waals surface area contributed by atoms with E-state index >= 15 is 0 Å². The number of hydrogen-bond donors (Lipinski definition) is 2. The van der Waals surface area contributed by atoms with Crippen molar-refractivity contribution >= 4 is 27.5 Å². The van der Waals surface area contributed by atoms with E-state index in [1.165, 1.54) is 30.3 Å². The second-order valence-corrected chi connectivity index (χ2v) is 8.77. The molecule has 2 aromatic rings. The van der Waals surface area contributed by atoms with Crippen LogP contribution in [0.15, 0.2) is 60.0 Å². The predicted molar refractivity (Wildman–Crippen MR) is 118 cm³/mol. The largest absolute Gasteiger partial charge is 0.378 e. The molecule has 0 spiro atoms. The molecule has 2 aromatic carbocycles. The second kappa shape index (κ2) is 9.86. The van der Waals surface area contributed by atoms with Crippen molar-refractivity contribution in [2.45, 2.75) is 11.8 Å². The number of carbonyl (C=O) groups is 2. The van der Waals surface area contributed by atoms with Crippen molar-refractivity contribution in [3.63, 3.8) is 0 Å². The van der Waals surface area contributed by atoms with Gasteiger partial charge in [-0.1, -0.05) is 18.2 Å². The molecule has 0 aliphatic carbocycles. The number of nitrogens with zero attached hydrogens (tertiary/aromatic N) is 1. The van der Waals surface area contributed by atoms with E-state index in [0.717, 1.165) is 0 Å². The maximum atomic E-state index is 12.8. The van der Waals surface area contributed by atoms with Crippen molar-refractivity contribution < 1.29 is 22.7 Å². The normalized spacial score (nSPS) is 14.2. The zero-order valence-electron chi connectivity index (χ0n) is 17.3. The predicted octanol–water partition coefficient (Wildman–Crippen LogP) is 2.18. The number of rotatable bonds is 7. The number of carbonyl (C=O) groups excluding carboxylic acids is 2. The third-order valence-electron chi connectivity index (χ3n) is 4.93. The van der Waals surface area contributed by atoms with Gasteiger partial charge >= 0.3 is 0 Å². The van der Waals surface area contributed by atoms with Crippen molar-refractivity contribution in [2.24, 2.45) is 0 Å². The summed E-state index contributed by atoms with van der Waals surface area (Å²) in [4.78, 5) is 27.3. The summed E-state index contributed by atoms with van der Waals surface area (Å²) in [7, 11) is -3.75. The molecule has 164 valence electrons. The number of nitrogens with one attached hydrogen (secondary N) is 2. The Morgan fingerprint density at radius 1 is 1.16 bits per heavy atom. The molecular weight excluding hydrogens is 418 g/mol. The summed E-state index contributed by atoms with van der Waals surface area (Å²) in [5.74, 6) is -0.585. The summed E-state index contributed by atoms with van der Waals surface area (Å²) in [6.45, 7) is 7.39. The Bertz CT molecular complexity index is 1090. The maximum Gasteiger partial charge on any atom is 0.255 e. The van der Waals surface area contributed by atoms with Crippen LogP contribution in [0.1, 0.15) is 26.3 Å². The molecule has 3 rings (SSSR count). The van der Waals surface area contributed by atoms with Crippen molar-refractivity contribution in [1.29, 1.82) is 0 Å². The molecule has 31 heavy (non-hydrogen) atoms. The minimum Gasteiger partial charge on any atom is -0.378 e. The van der Waals surface area contributed by atoms with E-state index in [1.807, 2.05) is 0 Å². The van der Waals surface area contributed by atoms with E-state index in [4.69, 9.17) is 4.74 Å². The Morgan fingerprint density at radius 3 is 2.58 bits per heavy atom. The standard InChI is InChI=1S/C22H25N3O5S/c1-3-10-23-31(28,29)18-7-4-6-17(15-18)21(26)24-20-9-5-8-19(16(20)2)22(27)25-11-13-30-14-12-25/h3-9,15,23H,1,10-14H2,2H3,(H,24,26). The third-order valence-corrected chi connectivity index (χ3v) is 6.36. The van der Waals surface area contributed by atoms with E-state index in [-0.39, 0.29) is 22.9 Å². The van der Waals surface area contributed by atoms with Crippen LogP contribution in [0.2, 0.25) is 0 Å². The lowest BCUT2D eigenvalue weighted by atomic mass is 10.0. The summed E-state index contributed by atoms with van der Waals surface area (Å²) >= 11 is 0. The second-order valence-electron chi connectivity index (χ2n) is 7.01. The monoisotopic (exact) mass is 443 g/mol. The molecular formula is C22H25N3O5S. The van der Waals surface area contributed by atoms with Crippen LogP contribution in [0.4, 0.5) is 5.69 Å². The lowest BCUT2D eigenvalue weighted by Gasteiger charge is -2.27. The van der Waals surface area contributed by atoms with Crippen molar-refractivity contribution in [2.75, 3.05) is 38.2 Å². The van der Waals surface area contributed by atoms with Gasteiger partial charge < -0.3 is 15.0 Å². The summed E-state index contributed by atoms with van der Waals surface area (Å²) in [5, 5.41) is 2.78. The maximum absolute atomic E-state index is 12.8. The lowest BCUT2D eigenvalue weighted by molar-refractivity contribution is 0.0302. The average molecular weight is 444 g/mol. The molecule has 1 heterocycles. The molecule has 0 bridgehead atoms. The van der Waals surface area contributed by atoms with Crippen LogP contribution in [-0.4, -0.2) is 58.0 Å². The topological polar surface area (TPSA) is 105 Å². The van der Waals surface area contributed by atoms with Gasteiger partial charge in [-0.05, 0) is 42.8 Å². The Hall–Kier alpha value is -3.01. The molecule has 0 radical (unpaired) electrons. The van der Waals surface area contributed by atoms with Crippen LogP contribution >= 0.6 is 0 Å². The van der Waals surface area contributed by atoms with E-state index < -0.39 is 15.9 Å². The summed E-state index contributed by atoms with van der Waals surface area (Å²) in [5.41, 5.74) is 1.82. The Morgan fingerprint density at radius 2 is 1.87 bits per heavy atom. The molecule has 0 atom stereocenters. The third kappa shape index (κ3) is 5.38. The molecule has 0 unspecified atom stereocenters. The smallest absolute Gasteiger partial charge is 0.255 e. The Labute approximate surface area is 181 Å². The molecule has 1 aliphatic heterocycles. The van der Waals surface area contributed by atoms with Crippen molar-refractivity contribution in [3.8, 4) is 0 Å². The van der Waals surface area contributed by atoms with E-state index in [2.05, 4.69) is 16.6 Å². The van der Waals surface area contributed by atoms with Gasteiger partial charge in [0.05, 0.1) is 18.1 Å². The highest BCUT2D eigenvalue weighted by molar-refractivity contribution is 7.89. The van der Waals surface area contributed by atoms with Crippen molar-refractivity contribution in [3.05, 3.63) is 71.8 Å². The van der Waals surface area contributed by atoms with Crippen LogP contribution in [0, 0.1) is 6.92 Å². The number of ether oxygens (including phenoxy) is 1. The minimum atomic E-state index is -3.75. The quantitative estimate of drug-likeness (QED) is 0.639. The zero-order valence-corrected chi connectivity index (χ0v) is 18.1. The number of anilines is 1. The first-order chi connectivity index (χ1) is 14.8. The van der Waals surface area contributed by atoms with Gasteiger partial charge in [0, 0.05) is 36.4 Å². The van der Waals surface area contributed by atoms with Crippen LogP contribution in [0.3, 0.4) is 0 Å². The van der Waals surface area contributed by atoms with Gasteiger partial charge in [-0.2, -0.15) is 0 Å². The molecule has 1 saturated heterocycles. The number of hydrogen-bond acceptors (Lipinski definition) is 5. The van der Waals surface area contributed by atoms with Crippen LogP contribution in [-0.2, 0) is 14.8 Å². The molecule has 0 saturated carbocycles. The fraction of sp³-hybridized carbons (Fsp3) is 0.273. The molecule has 9 heteroatoms. The molecule has 2 N–H and O–H groups in total. The van der Waals surface area contributed by atoms with E-state index in [9.17, 15) is 18.0 Å². The first-order valence-corrected chi connectivity index (χ1v) is 11.3. The van der Waals surface area contributed by atoms with Gasteiger partial charge in [0.2, 0.25) is 10.0 Å². The lowest BCUT2D eigenvalue weighted by Crippen LogP contribution is -2.41. The molecule has 1 fully saturated rings. The molecule has 0 aromatic heterocycles. The van der Waals surface area contributed by atoms with E-state index in [0.29, 0.717) is 43.1 Å². The van der Waals surface area contributed by atoms with Gasteiger partial charge in [-0.25, -0.2) is 13.1 Å². The van der Waals surface area contributed by atoms with E-state index in [1.54, 1.807) is 30.0 Å². The fourth-order valence-corrected chi connectivity index (χ4v) is 4.23. The van der Waals surface area contributed by atoms with Gasteiger partial charge in [0.15, 0.2) is 0 Å². The molecule has 8 nitrogen and oxygen atoms in total. The van der Waals surface area contributed by atoms with Crippen LogP contribution in [0.5, 0.6) is 0 Å². The highest BCUT2D eigenvalue weighted by Gasteiger charge is 2.22. The van der Waals surface area contributed by atoms with Crippen LogP contribution < -0.4 is 10.0 Å². The Balaban J connectivity index is 1.80. The number of morpholine rings is 1. The highest BCUT2D eigenvalue weighted by atomic mass is 32.2. The fourth-order valence-electron chi connectivity index (χ4n) is 3.19. The van der Waals surface area contributed by atoms with Crippen molar-refractivity contribution in [1.82, 2.24) is 9.62 Å². The number of benzene rings is 2.